The highest BCUT2D eigenvalue weighted by molar-refractivity contribution is 6.31. The molecule has 2 N–H and O–H groups in total. The quantitative estimate of drug-likeness (QED) is 0.662. The van der Waals surface area contributed by atoms with Crippen molar-refractivity contribution in [2.24, 2.45) is 0 Å². The lowest BCUT2D eigenvalue weighted by molar-refractivity contribution is 0.0950. The van der Waals surface area contributed by atoms with Crippen LogP contribution in [0.4, 0.5) is 11.6 Å². The Bertz CT molecular complexity index is 929. The van der Waals surface area contributed by atoms with E-state index in [0.29, 0.717) is 28.1 Å². The second-order valence-corrected chi connectivity index (χ2v) is 6.50. The molecule has 3 aromatic rings. The number of halogens is 2. The van der Waals surface area contributed by atoms with Gasteiger partial charge in [0.2, 0.25) is 5.95 Å². The maximum atomic E-state index is 12.2. The smallest absolute Gasteiger partial charge is 0.254 e. The number of aryl methyl sites for hydroxylation is 1. The number of hydrogen-bond donors (Lipinski definition) is 2. The molecular weight excluding hydrogens is 371 g/mol. The molecular formula is C19H16Cl2N4O. The number of anilines is 2. The van der Waals surface area contributed by atoms with E-state index in [1.807, 2.05) is 37.3 Å². The van der Waals surface area contributed by atoms with Gasteiger partial charge in [-0.25, -0.2) is 9.97 Å². The highest BCUT2D eigenvalue weighted by Gasteiger charge is 2.09. The van der Waals surface area contributed by atoms with Crippen LogP contribution in [0.25, 0.3) is 0 Å². The molecule has 0 radical (unpaired) electrons. The van der Waals surface area contributed by atoms with Crippen molar-refractivity contribution in [1.82, 2.24) is 15.3 Å². The first-order valence-electron chi connectivity index (χ1n) is 7.90. The predicted molar refractivity (Wildman–Crippen MR) is 104 cm³/mol. The van der Waals surface area contributed by atoms with E-state index in [1.165, 1.54) is 12.4 Å². The van der Waals surface area contributed by atoms with Gasteiger partial charge in [-0.3, -0.25) is 4.79 Å². The molecule has 1 amide bonds. The largest absolute Gasteiger partial charge is 0.348 e. The van der Waals surface area contributed by atoms with Crippen molar-refractivity contribution in [3.63, 3.8) is 0 Å². The van der Waals surface area contributed by atoms with E-state index >= 15 is 0 Å². The van der Waals surface area contributed by atoms with Crippen LogP contribution in [-0.2, 0) is 6.54 Å². The van der Waals surface area contributed by atoms with Gasteiger partial charge in [-0.05, 0) is 42.3 Å². The molecule has 1 aromatic heterocycles. The second kappa shape index (κ2) is 8.17. The number of carbonyl (C=O) groups is 1. The molecule has 0 fully saturated rings. The lowest BCUT2D eigenvalue weighted by atomic mass is 10.2. The number of carbonyl (C=O) groups excluding carboxylic acids is 1. The zero-order chi connectivity index (χ0) is 18.5. The first-order chi connectivity index (χ1) is 12.5. The maximum Gasteiger partial charge on any atom is 0.254 e. The molecule has 1 heterocycles. The van der Waals surface area contributed by atoms with Crippen LogP contribution in [0.5, 0.6) is 0 Å². The molecule has 2 aromatic carbocycles. The van der Waals surface area contributed by atoms with Crippen LogP contribution in [0.3, 0.4) is 0 Å². The molecule has 0 aliphatic rings. The van der Waals surface area contributed by atoms with Gasteiger partial charge in [0.25, 0.3) is 5.91 Å². The zero-order valence-electron chi connectivity index (χ0n) is 14.0. The average Bonchev–Trinajstić information content (AvgIpc) is 2.64. The Kier molecular flexibility index (Phi) is 5.71. The van der Waals surface area contributed by atoms with Crippen LogP contribution in [0.2, 0.25) is 10.0 Å². The lowest BCUT2D eigenvalue weighted by Gasteiger charge is -2.09. The van der Waals surface area contributed by atoms with Gasteiger partial charge in [-0.15, -0.1) is 0 Å². The predicted octanol–water partition coefficient (Wildman–Crippen LogP) is 4.77. The van der Waals surface area contributed by atoms with Gasteiger partial charge in [0.1, 0.15) is 0 Å². The SMILES string of the molecule is Cc1cc(Cl)ccc1Nc1ncc(C(=O)NCc2ccccc2Cl)cn1. The topological polar surface area (TPSA) is 66.9 Å². The molecule has 0 saturated heterocycles. The Morgan fingerprint density at radius 3 is 2.50 bits per heavy atom. The van der Waals surface area contributed by atoms with E-state index in [4.69, 9.17) is 23.2 Å². The Hall–Kier alpha value is -2.63. The van der Waals surface area contributed by atoms with Crippen LogP contribution in [0.15, 0.2) is 54.9 Å². The minimum absolute atomic E-state index is 0.265. The molecule has 26 heavy (non-hydrogen) atoms. The summed E-state index contributed by atoms with van der Waals surface area (Å²) in [6.45, 7) is 2.27. The van der Waals surface area contributed by atoms with E-state index in [1.54, 1.807) is 12.1 Å². The molecule has 0 aliphatic carbocycles. The van der Waals surface area contributed by atoms with E-state index in [-0.39, 0.29) is 5.91 Å². The van der Waals surface area contributed by atoms with Crippen LogP contribution >= 0.6 is 23.2 Å². The summed E-state index contributed by atoms with van der Waals surface area (Å²) < 4.78 is 0. The van der Waals surface area contributed by atoms with Crippen molar-refractivity contribution in [2.75, 3.05) is 5.32 Å². The van der Waals surface area contributed by atoms with Gasteiger partial charge in [0.05, 0.1) is 5.56 Å². The number of rotatable bonds is 5. The fourth-order valence-corrected chi connectivity index (χ4v) is 2.75. The average molecular weight is 387 g/mol. The summed E-state index contributed by atoms with van der Waals surface area (Å²) in [6, 6.07) is 12.8. The van der Waals surface area contributed by atoms with Gasteiger partial charge in [0.15, 0.2) is 0 Å². The number of amides is 1. The fourth-order valence-electron chi connectivity index (χ4n) is 2.32. The van der Waals surface area contributed by atoms with Crippen molar-refractivity contribution in [3.05, 3.63) is 81.6 Å². The molecule has 0 spiro atoms. The highest BCUT2D eigenvalue weighted by Crippen LogP contribution is 2.21. The van der Waals surface area contributed by atoms with Crippen LogP contribution in [0.1, 0.15) is 21.5 Å². The molecule has 3 rings (SSSR count). The summed E-state index contributed by atoms with van der Waals surface area (Å²) in [6.07, 6.45) is 2.95. The summed E-state index contributed by atoms with van der Waals surface area (Å²) in [7, 11) is 0. The summed E-state index contributed by atoms with van der Waals surface area (Å²) in [5, 5.41) is 7.18. The van der Waals surface area contributed by atoms with Crippen molar-refractivity contribution < 1.29 is 4.79 Å². The van der Waals surface area contributed by atoms with Crippen molar-refractivity contribution >= 4 is 40.7 Å². The van der Waals surface area contributed by atoms with Gasteiger partial charge < -0.3 is 10.6 Å². The minimum atomic E-state index is -0.265. The van der Waals surface area contributed by atoms with Crippen molar-refractivity contribution in [1.29, 1.82) is 0 Å². The van der Waals surface area contributed by atoms with Crippen LogP contribution in [-0.4, -0.2) is 15.9 Å². The minimum Gasteiger partial charge on any atom is -0.348 e. The number of benzene rings is 2. The first-order valence-corrected chi connectivity index (χ1v) is 8.65. The zero-order valence-corrected chi connectivity index (χ0v) is 15.5. The standard InChI is InChI=1S/C19H16Cl2N4O/c1-12-8-15(20)6-7-17(12)25-19-23-10-14(11-24-19)18(26)22-9-13-4-2-3-5-16(13)21/h2-8,10-11H,9H2,1H3,(H,22,26)(H,23,24,25). The third-order valence-corrected chi connectivity index (χ3v) is 4.35. The molecule has 7 heteroatoms. The third-order valence-electron chi connectivity index (χ3n) is 3.75. The normalized spacial score (nSPS) is 10.4. The van der Waals surface area contributed by atoms with Gasteiger partial charge >= 0.3 is 0 Å². The number of hydrogen-bond acceptors (Lipinski definition) is 4. The fraction of sp³-hybridized carbons (Fsp3) is 0.105. The third kappa shape index (κ3) is 4.50. The number of aromatic nitrogens is 2. The summed E-state index contributed by atoms with van der Waals surface area (Å²) in [5.41, 5.74) is 3.04. The van der Waals surface area contributed by atoms with Crippen molar-refractivity contribution in [2.45, 2.75) is 13.5 Å². The monoisotopic (exact) mass is 386 g/mol. The number of nitrogens with one attached hydrogen (secondary N) is 2. The van der Waals surface area contributed by atoms with Crippen LogP contribution < -0.4 is 10.6 Å². The lowest BCUT2D eigenvalue weighted by Crippen LogP contribution is -2.23. The van der Waals surface area contributed by atoms with Crippen LogP contribution in [0, 0.1) is 6.92 Å². The van der Waals surface area contributed by atoms with E-state index in [0.717, 1.165) is 16.8 Å². The molecule has 0 atom stereocenters. The van der Waals surface area contributed by atoms with E-state index in [2.05, 4.69) is 20.6 Å². The molecule has 0 unspecified atom stereocenters. The molecule has 5 nitrogen and oxygen atoms in total. The van der Waals surface area contributed by atoms with Gasteiger partial charge in [-0.2, -0.15) is 0 Å². The Morgan fingerprint density at radius 2 is 1.81 bits per heavy atom. The first kappa shape index (κ1) is 18.2. The van der Waals surface area contributed by atoms with E-state index < -0.39 is 0 Å². The summed E-state index contributed by atoms with van der Waals surface area (Å²) in [4.78, 5) is 20.6. The summed E-state index contributed by atoms with van der Waals surface area (Å²) >= 11 is 12.0. The molecule has 132 valence electrons. The molecule has 0 saturated carbocycles. The Balaban J connectivity index is 1.63. The van der Waals surface area contributed by atoms with Gasteiger partial charge in [0, 0.05) is 34.7 Å². The highest BCUT2D eigenvalue weighted by atomic mass is 35.5. The number of nitrogens with zero attached hydrogens (tertiary/aromatic N) is 2. The summed E-state index contributed by atoms with van der Waals surface area (Å²) in [5.74, 6) is 0.136. The van der Waals surface area contributed by atoms with Gasteiger partial charge in [-0.1, -0.05) is 41.4 Å². The Morgan fingerprint density at radius 1 is 1.08 bits per heavy atom. The van der Waals surface area contributed by atoms with E-state index in [9.17, 15) is 4.79 Å². The molecule has 0 bridgehead atoms. The second-order valence-electron chi connectivity index (χ2n) is 5.65. The Labute approximate surface area is 161 Å². The van der Waals surface area contributed by atoms with Crippen molar-refractivity contribution in [3.8, 4) is 0 Å². The maximum absolute atomic E-state index is 12.2. The molecule has 0 aliphatic heterocycles.